The molecule has 41 heavy (non-hydrogen) atoms. The normalized spacial score (nSPS) is 12.1. The van der Waals surface area contributed by atoms with Crippen molar-refractivity contribution in [1.82, 2.24) is 10.2 Å². The highest BCUT2D eigenvalue weighted by molar-refractivity contribution is 7.92. The number of carbonyl (C=O) groups excluding carboxylic acids is 2. The molecule has 0 radical (unpaired) electrons. The Balaban J connectivity index is 1.90. The summed E-state index contributed by atoms with van der Waals surface area (Å²) in [7, 11) is -3.60. The SMILES string of the molecule is Cc1ccccc1N(CCCC(=O)N(Cc1ccccc1F)[C@@H](Cc1ccccc1)C(=O)NCC(C)C)S(C)(=O)=O. The van der Waals surface area contributed by atoms with E-state index in [9.17, 15) is 22.4 Å². The molecule has 0 aliphatic heterocycles. The molecule has 220 valence electrons. The summed E-state index contributed by atoms with van der Waals surface area (Å²) in [5.41, 5.74) is 2.52. The molecule has 0 aromatic heterocycles. The molecule has 3 aromatic rings. The molecule has 9 heteroatoms. The first-order chi connectivity index (χ1) is 19.5. The Labute approximate surface area is 243 Å². The van der Waals surface area contributed by atoms with E-state index in [0.29, 0.717) is 17.8 Å². The van der Waals surface area contributed by atoms with Crippen LogP contribution in [-0.2, 0) is 32.6 Å². The van der Waals surface area contributed by atoms with Crippen molar-refractivity contribution in [3.05, 3.63) is 101 Å². The average molecular weight is 582 g/mol. The first-order valence-electron chi connectivity index (χ1n) is 13.8. The lowest BCUT2D eigenvalue weighted by molar-refractivity contribution is -0.141. The molecule has 0 bridgehead atoms. The fourth-order valence-electron chi connectivity index (χ4n) is 4.61. The molecule has 0 aliphatic carbocycles. The van der Waals surface area contributed by atoms with E-state index >= 15 is 0 Å². The molecule has 7 nitrogen and oxygen atoms in total. The molecular formula is C32H40FN3O4S. The van der Waals surface area contributed by atoms with Gasteiger partial charge in [-0.2, -0.15) is 0 Å². The molecule has 0 unspecified atom stereocenters. The van der Waals surface area contributed by atoms with Crippen molar-refractivity contribution in [3.63, 3.8) is 0 Å². The summed E-state index contributed by atoms with van der Waals surface area (Å²) in [6, 6.07) is 21.9. The van der Waals surface area contributed by atoms with Crippen molar-refractivity contribution in [2.24, 2.45) is 5.92 Å². The number of aryl methyl sites for hydroxylation is 1. The van der Waals surface area contributed by atoms with Crippen LogP contribution >= 0.6 is 0 Å². The molecule has 0 saturated carbocycles. The van der Waals surface area contributed by atoms with E-state index in [0.717, 1.165) is 17.4 Å². The van der Waals surface area contributed by atoms with Crippen LogP contribution < -0.4 is 9.62 Å². The molecule has 0 saturated heterocycles. The Morgan fingerprint density at radius 3 is 2.20 bits per heavy atom. The number of hydrogen-bond donors (Lipinski definition) is 1. The van der Waals surface area contributed by atoms with Crippen LogP contribution in [0.1, 0.15) is 43.4 Å². The minimum Gasteiger partial charge on any atom is -0.354 e. The van der Waals surface area contributed by atoms with Gasteiger partial charge in [-0.15, -0.1) is 0 Å². The lowest BCUT2D eigenvalue weighted by Gasteiger charge is -2.32. The number of anilines is 1. The van der Waals surface area contributed by atoms with Crippen molar-refractivity contribution < 1.29 is 22.4 Å². The number of nitrogens with one attached hydrogen (secondary N) is 1. The summed E-state index contributed by atoms with van der Waals surface area (Å²) in [5, 5.41) is 2.95. The molecule has 0 fully saturated rings. The van der Waals surface area contributed by atoms with Crippen molar-refractivity contribution in [2.45, 2.75) is 52.6 Å². The first kappa shape index (κ1) is 31.8. The van der Waals surface area contributed by atoms with Crippen LogP contribution in [0.25, 0.3) is 0 Å². The van der Waals surface area contributed by atoms with Gasteiger partial charge in [0.2, 0.25) is 21.8 Å². The van der Waals surface area contributed by atoms with E-state index in [-0.39, 0.29) is 50.1 Å². The molecule has 3 rings (SSSR count). The van der Waals surface area contributed by atoms with Gasteiger partial charge >= 0.3 is 0 Å². The topological polar surface area (TPSA) is 86.8 Å². The number of halogens is 1. The Bertz CT molecular complexity index is 1410. The minimum atomic E-state index is -3.60. The number of nitrogens with zero attached hydrogens (tertiary/aromatic N) is 2. The number of amides is 2. The van der Waals surface area contributed by atoms with Crippen LogP contribution in [0.5, 0.6) is 0 Å². The molecule has 3 aromatic carbocycles. The summed E-state index contributed by atoms with van der Waals surface area (Å²) in [4.78, 5) is 28.8. The molecule has 1 atom stereocenters. The molecule has 2 amide bonds. The van der Waals surface area contributed by atoms with Crippen LogP contribution in [0.15, 0.2) is 78.9 Å². The molecule has 0 spiro atoms. The van der Waals surface area contributed by atoms with Gasteiger partial charge in [-0.05, 0) is 42.5 Å². The molecular weight excluding hydrogens is 541 g/mol. The number of rotatable bonds is 14. The van der Waals surface area contributed by atoms with E-state index in [1.165, 1.54) is 15.3 Å². The highest BCUT2D eigenvalue weighted by atomic mass is 32.2. The van der Waals surface area contributed by atoms with Crippen molar-refractivity contribution >= 4 is 27.5 Å². The van der Waals surface area contributed by atoms with Gasteiger partial charge in [-0.1, -0.05) is 80.6 Å². The van der Waals surface area contributed by atoms with Gasteiger partial charge in [-0.25, -0.2) is 12.8 Å². The maximum atomic E-state index is 14.8. The van der Waals surface area contributed by atoms with Gasteiger partial charge in [-0.3, -0.25) is 13.9 Å². The smallest absolute Gasteiger partial charge is 0.243 e. The van der Waals surface area contributed by atoms with Gasteiger partial charge in [0.05, 0.1) is 11.9 Å². The third kappa shape index (κ3) is 9.42. The Kier molecular flexibility index (Phi) is 11.5. The van der Waals surface area contributed by atoms with Gasteiger partial charge in [0, 0.05) is 38.0 Å². The van der Waals surface area contributed by atoms with Crippen LogP contribution in [0.2, 0.25) is 0 Å². The highest BCUT2D eigenvalue weighted by Gasteiger charge is 2.31. The highest BCUT2D eigenvalue weighted by Crippen LogP contribution is 2.23. The lowest BCUT2D eigenvalue weighted by Crippen LogP contribution is -2.51. The Hall–Kier alpha value is -3.72. The summed E-state index contributed by atoms with van der Waals surface area (Å²) in [6.07, 6.45) is 1.60. The van der Waals surface area contributed by atoms with Crippen LogP contribution in [0.4, 0.5) is 10.1 Å². The number of sulfonamides is 1. The average Bonchev–Trinajstić information content (AvgIpc) is 2.93. The van der Waals surface area contributed by atoms with E-state index in [1.54, 1.807) is 30.3 Å². The Morgan fingerprint density at radius 2 is 1.56 bits per heavy atom. The second kappa shape index (κ2) is 14.8. The maximum Gasteiger partial charge on any atom is 0.243 e. The van der Waals surface area contributed by atoms with E-state index < -0.39 is 21.9 Å². The maximum absolute atomic E-state index is 14.8. The lowest BCUT2D eigenvalue weighted by atomic mass is 10.0. The zero-order chi connectivity index (χ0) is 30.0. The first-order valence-corrected chi connectivity index (χ1v) is 15.7. The number of benzene rings is 3. The quantitative estimate of drug-likeness (QED) is 0.287. The monoisotopic (exact) mass is 581 g/mol. The number of para-hydroxylation sites is 1. The fraction of sp³-hybridized carbons (Fsp3) is 0.375. The van der Waals surface area contributed by atoms with Crippen molar-refractivity contribution in [1.29, 1.82) is 0 Å². The fourth-order valence-corrected chi connectivity index (χ4v) is 5.64. The second-order valence-corrected chi connectivity index (χ2v) is 12.6. The summed E-state index contributed by atoms with van der Waals surface area (Å²) in [5.74, 6) is -0.929. The summed E-state index contributed by atoms with van der Waals surface area (Å²) in [6.45, 7) is 6.23. The van der Waals surface area contributed by atoms with Gasteiger partial charge < -0.3 is 10.2 Å². The molecule has 0 aliphatic rings. The molecule has 0 heterocycles. The van der Waals surface area contributed by atoms with Gasteiger partial charge in [0.25, 0.3) is 0 Å². The number of carbonyl (C=O) groups is 2. The number of hydrogen-bond acceptors (Lipinski definition) is 4. The zero-order valence-corrected chi connectivity index (χ0v) is 25.0. The van der Waals surface area contributed by atoms with Crippen LogP contribution in [-0.4, -0.2) is 50.5 Å². The van der Waals surface area contributed by atoms with E-state index in [2.05, 4.69) is 5.32 Å². The zero-order valence-electron chi connectivity index (χ0n) is 24.2. The van der Waals surface area contributed by atoms with Gasteiger partial charge in [0.15, 0.2) is 0 Å². The predicted octanol–water partition coefficient (Wildman–Crippen LogP) is 5.09. The van der Waals surface area contributed by atoms with E-state index in [4.69, 9.17) is 0 Å². The third-order valence-corrected chi connectivity index (χ3v) is 7.97. The largest absolute Gasteiger partial charge is 0.354 e. The Morgan fingerprint density at radius 1 is 0.927 bits per heavy atom. The van der Waals surface area contributed by atoms with Crippen LogP contribution in [0, 0.1) is 18.7 Å². The second-order valence-electron chi connectivity index (χ2n) is 10.7. The van der Waals surface area contributed by atoms with E-state index in [1.807, 2.05) is 63.2 Å². The van der Waals surface area contributed by atoms with Crippen molar-refractivity contribution in [2.75, 3.05) is 23.7 Å². The summed E-state index contributed by atoms with van der Waals surface area (Å²) < 4.78 is 41.3. The third-order valence-electron chi connectivity index (χ3n) is 6.79. The van der Waals surface area contributed by atoms with Crippen molar-refractivity contribution in [3.8, 4) is 0 Å². The standard InChI is InChI=1S/C32H40FN3O4S/c1-24(2)22-34-32(38)30(21-26-14-6-5-7-15-26)35(23-27-16-9-10-17-28(27)33)31(37)19-12-20-36(41(4,39)40)29-18-11-8-13-25(29)3/h5-11,13-18,24,30H,12,19-23H2,1-4H3,(H,34,38)/t30-/m0/s1. The summed E-state index contributed by atoms with van der Waals surface area (Å²) >= 11 is 0. The van der Waals surface area contributed by atoms with Gasteiger partial charge in [0.1, 0.15) is 11.9 Å². The predicted molar refractivity (Wildman–Crippen MR) is 161 cm³/mol. The molecule has 1 N–H and O–H groups in total. The minimum absolute atomic E-state index is 0.0187. The van der Waals surface area contributed by atoms with Crippen LogP contribution in [0.3, 0.4) is 0 Å².